The largest absolute Gasteiger partial charge is 0.198 e. The van der Waals surface area contributed by atoms with Crippen LogP contribution in [0.15, 0.2) is 24.3 Å². The molecule has 0 spiro atoms. The van der Waals surface area contributed by atoms with E-state index in [9.17, 15) is 0 Å². The van der Waals surface area contributed by atoms with Crippen molar-refractivity contribution in [3.63, 3.8) is 0 Å². The van der Waals surface area contributed by atoms with Gasteiger partial charge < -0.3 is 0 Å². The lowest BCUT2D eigenvalue weighted by atomic mass is 9.73. The smallest absolute Gasteiger partial charge is 0.108 e. The van der Waals surface area contributed by atoms with Crippen LogP contribution in [0.3, 0.4) is 0 Å². The van der Waals surface area contributed by atoms with E-state index >= 15 is 0 Å². The number of nitrogens with zero attached hydrogens (tertiary/aromatic N) is 3. The Kier molecular flexibility index (Phi) is 2.48. The number of hydrogen-bond donors (Lipinski definition) is 0. The molecule has 0 aliphatic heterocycles. The summed E-state index contributed by atoms with van der Waals surface area (Å²) in [4.78, 5) is 0. The highest BCUT2D eigenvalue weighted by Gasteiger charge is 2.36. The molecular weight excluding hydrogens is 162 g/mol. The van der Waals surface area contributed by atoms with Crippen molar-refractivity contribution < 1.29 is 0 Å². The average molecular weight is 169 g/mol. The Balaban J connectivity index is 3.07. The first-order valence-electron chi connectivity index (χ1n) is 3.83. The van der Waals surface area contributed by atoms with E-state index in [1.807, 2.05) is 18.2 Å². The summed E-state index contributed by atoms with van der Waals surface area (Å²) < 4.78 is 0. The van der Waals surface area contributed by atoms with Gasteiger partial charge in [0.25, 0.3) is 0 Å². The molecule has 0 heterocycles. The monoisotopic (exact) mass is 169 g/mol. The van der Waals surface area contributed by atoms with Crippen LogP contribution in [0.25, 0.3) is 0 Å². The minimum Gasteiger partial charge on any atom is -0.198 e. The maximum Gasteiger partial charge on any atom is 0.108 e. The van der Waals surface area contributed by atoms with Gasteiger partial charge in [-0.2, -0.15) is 15.8 Å². The van der Waals surface area contributed by atoms with Crippen molar-refractivity contribution in [1.82, 2.24) is 0 Å². The van der Waals surface area contributed by atoms with E-state index in [0.717, 1.165) is 0 Å². The van der Waals surface area contributed by atoms with E-state index in [1.54, 1.807) is 24.3 Å². The van der Waals surface area contributed by atoms with Gasteiger partial charge in [0.15, 0.2) is 0 Å². The summed E-state index contributed by atoms with van der Waals surface area (Å²) >= 11 is 0. The van der Waals surface area contributed by atoms with Crippen molar-refractivity contribution in [1.29, 1.82) is 15.8 Å². The molecule has 0 N–H and O–H groups in total. The van der Waals surface area contributed by atoms with Crippen molar-refractivity contribution >= 4 is 0 Å². The molecular formula is C10H7N3. The van der Waals surface area contributed by atoms with Gasteiger partial charge in [-0.05, 0) is 0 Å². The molecule has 0 aromatic heterocycles. The first-order chi connectivity index (χ1) is 6.29. The van der Waals surface area contributed by atoms with E-state index < -0.39 is 11.3 Å². The quantitative estimate of drug-likeness (QED) is 0.599. The molecule has 1 rings (SSSR count). The summed E-state index contributed by atoms with van der Waals surface area (Å²) in [5.41, 5.74) is -0.946. The topological polar surface area (TPSA) is 71.4 Å². The highest BCUT2D eigenvalue weighted by molar-refractivity contribution is 5.32. The Hall–Kier alpha value is -2.05. The van der Waals surface area contributed by atoms with Crippen LogP contribution in [0, 0.1) is 45.3 Å². The van der Waals surface area contributed by atoms with Gasteiger partial charge in [0.1, 0.15) is 5.41 Å². The Morgan fingerprint density at radius 3 is 2.54 bits per heavy atom. The zero-order valence-electron chi connectivity index (χ0n) is 6.94. The molecule has 0 bridgehead atoms. The molecule has 0 saturated carbocycles. The number of rotatable bonds is 1. The number of hydrogen-bond acceptors (Lipinski definition) is 3. The van der Waals surface area contributed by atoms with Crippen LogP contribution in [-0.4, -0.2) is 0 Å². The van der Waals surface area contributed by atoms with Gasteiger partial charge in [-0.1, -0.05) is 24.3 Å². The van der Waals surface area contributed by atoms with Gasteiger partial charge in [0.05, 0.1) is 30.5 Å². The van der Waals surface area contributed by atoms with Crippen LogP contribution in [-0.2, 0) is 0 Å². The Labute approximate surface area is 76.8 Å². The zero-order chi connectivity index (χ0) is 9.73. The van der Waals surface area contributed by atoms with Crippen molar-refractivity contribution in [2.24, 2.45) is 11.3 Å². The second-order valence-electron chi connectivity index (χ2n) is 2.84. The van der Waals surface area contributed by atoms with Gasteiger partial charge in [0.2, 0.25) is 0 Å². The lowest BCUT2D eigenvalue weighted by Gasteiger charge is -2.24. The second kappa shape index (κ2) is 3.57. The normalized spacial score (nSPS) is 30.1. The Bertz CT molecular complexity index is 372. The molecule has 0 amide bonds. The van der Waals surface area contributed by atoms with Crippen LogP contribution >= 0.6 is 0 Å². The van der Waals surface area contributed by atoms with Gasteiger partial charge in [-0.15, -0.1) is 0 Å². The third kappa shape index (κ3) is 1.43. The van der Waals surface area contributed by atoms with Crippen LogP contribution in [0.1, 0.15) is 6.42 Å². The summed E-state index contributed by atoms with van der Waals surface area (Å²) in [7, 11) is 0. The van der Waals surface area contributed by atoms with Crippen LogP contribution in [0.4, 0.5) is 0 Å². The molecule has 0 aromatic carbocycles. The Morgan fingerprint density at radius 2 is 2.00 bits per heavy atom. The predicted molar refractivity (Wildman–Crippen MR) is 45.7 cm³/mol. The summed E-state index contributed by atoms with van der Waals surface area (Å²) in [6.45, 7) is 0. The molecule has 3 nitrogen and oxygen atoms in total. The second-order valence-corrected chi connectivity index (χ2v) is 2.84. The lowest BCUT2D eigenvalue weighted by molar-refractivity contribution is 0.442. The summed E-state index contributed by atoms with van der Waals surface area (Å²) in [6.07, 6.45) is 6.77. The first-order valence-corrected chi connectivity index (χ1v) is 3.83. The maximum atomic E-state index is 8.94. The van der Waals surface area contributed by atoms with E-state index in [2.05, 4.69) is 0 Å². The molecule has 3 heteroatoms. The fraction of sp³-hybridized carbons (Fsp3) is 0.300. The molecule has 2 atom stereocenters. The molecule has 0 radical (unpaired) electrons. The fourth-order valence-electron chi connectivity index (χ4n) is 1.28. The first kappa shape index (κ1) is 9.04. The Morgan fingerprint density at radius 1 is 1.23 bits per heavy atom. The molecule has 62 valence electrons. The van der Waals surface area contributed by atoms with Crippen molar-refractivity contribution in [2.45, 2.75) is 6.42 Å². The molecule has 1 aliphatic carbocycles. The number of allylic oxidation sites excluding steroid dienone is 4. The third-order valence-corrected chi connectivity index (χ3v) is 2.08. The average Bonchev–Trinajstić information content (AvgIpc) is 2.19. The molecule has 2 unspecified atom stereocenters. The summed E-state index contributed by atoms with van der Waals surface area (Å²) in [6, 6.07) is 5.99. The highest BCUT2D eigenvalue weighted by Crippen LogP contribution is 2.35. The van der Waals surface area contributed by atoms with Gasteiger partial charge in [-0.3, -0.25) is 0 Å². The number of nitriles is 3. The van der Waals surface area contributed by atoms with Crippen LogP contribution in [0.5, 0.6) is 0 Å². The molecule has 0 saturated heterocycles. The molecule has 13 heavy (non-hydrogen) atoms. The minimum atomic E-state index is -0.946. The van der Waals surface area contributed by atoms with Gasteiger partial charge >= 0.3 is 0 Å². The van der Waals surface area contributed by atoms with Crippen LogP contribution in [0.2, 0.25) is 0 Å². The summed E-state index contributed by atoms with van der Waals surface area (Å²) in [5, 5.41) is 26.3. The third-order valence-electron chi connectivity index (χ3n) is 2.08. The van der Waals surface area contributed by atoms with Gasteiger partial charge in [-0.25, -0.2) is 0 Å². The lowest BCUT2D eigenvalue weighted by Crippen LogP contribution is -2.25. The summed E-state index contributed by atoms with van der Waals surface area (Å²) in [5.74, 6) is -0.512. The van der Waals surface area contributed by atoms with Gasteiger partial charge in [0, 0.05) is 0 Å². The van der Waals surface area contributed by atoms with Crippen molar-refractivity contribution in [2.75, 3.05) is 0 Å². The SMILES string of the molecule is N#CCC1(C#N)C=CC=CC1C#N. The van der Waals surface area contributed by atoms with E-state index in [4.69, 9.17) is 15.8 Å². The van der Waals surface area contributed by atoms with Crippen LogP contribution < -0.4 is 0 Å². The van der Waals surface area contributed by atoms with Crippen molar-refractivity contribution in [3.8, 4) is 18.2 Å². The zero-order valence-corrected chi connectivity index (χ0v) is 6.94. The van der Waals surface area contributed by atoms with E-state index in [0.29, 0.717) is 0 Å². The molecule has 0 fully saturated rings. The standard InChI is InChI=1S/C10H7N3/c11-6-5-10(8-13)4-2-1-3-9(10)7-12/h1-4,9H,5H2. The fourth-order valence-corrected chi connectivity index (χ4v) is 1.28. The minimum absolute atomic E-state index is 0.0581. The highest BCUT2D eigenvalue weighted by atomic mass is 14.4. The van der Waals surface area contributed by atoms with E-state index in [-0.39, 0.29) is 6.42 Å². The van der Waals surface area contributed by atoms with E-state index in [1.165, 1.54) is 0 Å². The molecule has 0 aromatic rings. The predicted octanol–water partition coefficient (Wildman–Crippen LogP) is 1.68. The maximum absolute atomic E-state index is 8.94. The van der Waals surface area contributed by atoms with Crippen molar-refractivity contribution in [3.05, 3.63) is 24.3 Å². The molecule has 1 aliphatic rings.